The molecular formula is C19H36BrNO2. The molecule has 1 aliphatic rings. The van der Waals surface area contributed by atoms with Gasteiger partial charge in [-0.05, 0) is 25.7 Å². The van der Waals surface area contributed by atoms with E-state index in [1.165, 1.54) is 63.9 Å². The van der Waals surface area contributed by atoms with Gasteiger partial charge in [-0.15, -0.1) is 0 Å². The molecule has 0 aromatic rings. The Labute approximate surface area is 153 Å². The molecule has 0 saturated carbocycles. The number of esters is 1. The number of halogens is 1. The van der Waals surface area contributed by atoms with Crippen LogP contribution in [0.25, 0.3) is 0 Å². The Morgan fingerprint density at radius 3 is 2.22 bits per heavy atom. The number of hydrogen-bond donors (Lipinski definition) is 0. The largest absolute Gasteiger partial charge is 1.00 e. The number of carbonyl (C=O) groups excluding carboxylic acids is 1. The lowest BCUT2D eigenvalue weighted by molar-refractivity contribution is -0.956. The highest BCUT2D eigenvalue weighted by atomic mass is 79.9. The van der Waals surface area contributed by atoms with Crippen LogP contribution < -0.4 is 17.0 Å². The zero-order chi connectivity index (χ0) is 16.3. The Balaban J connectivity index is 0.00000484. The molecule has 1 atom stereocenters. The first kappa shape index (κ1) is 22.6. The maximum absolute atomic E-state index is 11.7. The number of rotatable bonds is 11. The first-order valence-electron chi connectivity index (χ1n) is 9.29. The fraction of sp³-hybridized carbons (Fsp3) is 0.842. The van der Waals surface area contributed by atoms with Crippen molar-refractivity contribution < 1.29 is 31.0 Å². The molecule has 0 aromatic heterocycles. The lowest BCUT2D eigenvalue weighted by atomic mass is 10.0. The molecule has 0 radical (unpaired) electrons. The van der Waals surface area contributed by atoms with E-state index >= 15 is 0 Å². The molecule has 136 valence electrons. The van der Waals surface area contributed by atoms with Crippen LogP contribution in [-0.4, -0.2) is 36.8 Å². The summed E-state index contributed by atoms with van der Waals surface area (Å²) < 4.78 is 6.60. The van der Waals surface area contributed by atoms with E-state index in [0.29, 0.717) is 0 Å². The van der Waals surface area contributed by atoms with Gasteiger partial charge in [-0.3, -0.25) is 4.48 Å². The fourth-order valence-corrected chi connectivity index (χ4v) is 3.48. The summed E-state index contributed by atoms with van der Waals surface area (Å²) in [7, 11) is 2.25. The summed E-state index contributed by atoms with van der Waals surface area (Å²) in [5.74, 6) is -0.266. The number of hydrogen-bond acceptors (Lipinski definition) is 2. The van der Waals surface area contributed by atoms with Crippen molar-refractivity contribution in [3.8, 4) is 0 Å². The molecule has 0 bridgehead atoms. The van der Waals surface area contributed by atoms with E-state index in [9.17, 15) is 4.79 Å². The number of ether oxygens (including phenoxy) is 1. The third-order valence-electron chi connectivity index (χ3n) is 5.01. The van der Waals surface area contributed by atoms with Crippen LogP contribution in [0.1, 0.15) is 77.6 Å². The number of nitrogens with zero attached hydrogens (tertiary/aromatic N) is 1. The molecule has 1 aliphatic heterocycles. The van der Waals surface area contributed by atoms with Gasteiger partial charge in [-0.25, -0.2) is 4.79 Å². The molecular weight excluding hydrogens is 354 g/mol. The molecule has 0 spiro atoms. The van der Waals surface area contributed by atoms with Crippen molar-refractivity contribution in [2.24, 2.45) is 0 Å². The second-order valence-corrected chi connectivity index (χ2v) is 6.99. The van der Waals surface area contributed by atoms with Crippen LogP contribution in [0, 0.1) is 0 Å². The van der Waals surface area contributed by atoms with Crippen molar-refractivity contribution in [3.05, 3.63) is 12.7 Å². The van der Waals surface area contributed by atoms with Gasteiger partial charge in [0.2, 0.25) is 6.23 Å². The smallest absolute Gasteiger partial charge is 0.334 e. The number of piperidine rings is 1. The highest BCUT2D eigenvalue weighted by Gasteiger charge is 2.36. The molecule has 23 heavy (non-hydrogen) atoms. The Bertz CT molecular complexity index is 327. The average Bonchev–Trinajstić information content (AvgIpc) is 2.53. The highest BCUT2D eigenvalue weighted by Crippen LogP contribution is 2.25. The summed E-state index contributed by atoms with van der Waals surface area (Å²) in [5, 5.41) is 0. The monoisotopic (exact) mass is 389 g/mol. The summed E-state index contributed by atoms with van der Waals surface area (Å²) in [4.78, 5) is 11.7. The summed E-state index contributed by atoms with van der Waals surface area (Å²) >= 11 is 0. The van der Waals surface area contributed by atoms with E-state index in [2.05, 4.69) is 20.6 Å². The molecule has 0 N–H and O–H groups in total. The van der Waals surface area contributed by atoms with Crippen LogP contribution in [0.3, 0.4) is 0 Å². The third-order valence-corrected chi connectivity index (χ3v) is 5.01. The summed E-state index contributed by atoms with van der Waals surface area (Å²) in [6.45, 7) is 8.05. The first-order chi connectivity index (χ1) is 10.6. The Morgan fingerprint density at radius 1 is 1.09 bits per heavy atom. The second-order valence-electron chi connectivity index (χ2n) is 6.99. The van der Waals surface area contributed by atoms with Gasteiger partial charge in [-0.2, -0.15) is 0 Å². The normalized spacial score (nSPS) is 17.8. The van der Waals surface area contributed by atoms with Crippen molar-refractivity contribution in [2.75, 3.05) is 20.1 Å². The van der Waals surface area contributed by atoms with Crippen LogP contribution >= 0.6 is 0 Å². The SMILES string of the molecule is C=CC(=O)OC(CCCCCCCCC)[N+]1(C)CCCCC1.[Br-]. The molecule has 1 saturated heterocycles. The number of quaternary nitrogens is 1. The maximum Gasteiger partial charge on any atom is 0.334 e. The van der Waals surface area contributed by atoms with Crippen LogP contribution in [0.15, 0.2) is 12.7 Å². The van der Waals surface area contributed by atoms with E-state index in [0.717, 1.165) is 30.4 Å². The molecule has 0 amide bonds. The average molecular weight is 390 g/mol. The summed E-state index contributed by atoms with van der Waals surface area (Å²) in [6, 6.07) is 0. The molecule has 4 heteroatoms. The van der Waals surface area contributed by atoms with Crippen LogP contribution in [0.4, 0.5) is 0 Å². The minimum Gasteiger partial charge on any atom is -1.00 e. The lowest BCUT2D eigenvalue weighted by Gasteiger charge is -2.43. The van der Waals surface area contributed by atoms with Gasteiger partial charge in [0.1, 0.15) is 0 Å². The van der Waals surface area contributed by atoms with Crippen molar-refractivity contribution >= 4 is 5.97 Å². The van der Waals surface area contributed by atoms with Gasteiger partial charge in [0.05, 0.1) is 20.1 Å². The van der Waals surface area contributed by atoms with Gasteiger partial charge in [0, 0.05) is 12.5 Å². The van der Waals surface area contributed by atoms with E-state index in [-0.39, 0.29) is 29.2 Å². The second kappa shape index (κ2) is 13.0. The molecule has 0 aliphatic carbocycles. The van der Waals surface area contributed by atoms with Gasteiger partial charge >= 0.3 is 5.97 Å². The highest BCUT2D eigenvalue weighted by molar-refractivity contribution is 5.81. The molecule has 1 heterocycles. The van der Waals surface area contributed by atoms with E-state index < -0.39 is 0 Å². The topological polar surface area (TPSA) is 26.3 Å². The van der Waals surface area contributed by atoms with Crippen molar-refractivity contribution in [1.82, 2.24) is 0 Å². The van der Waals surface area contributed by atoms with E-state index in [1.54, 1.807) is 0 Å². The number of unbranched alkanes of at least 4 members (excludes halogenated alkanes) is 6. The first-order valence-corrected chi connectivity index (χ1v) is 9.29. The number of likely N-dealkylation sites (tertiary alicyclic amines) is 1. The summed E-state index contributed by atoms with van der Waals surface area (Å²) in [5.41, 5.74) is 0. The molecule has 1 unspecified atom stereocenters. The zero-order valence-electron chi connectivity index (χ0n) is 15.2. The molecule has 1 fully saturated rings. The predicted molar refractivity (Wildman–Crippen MR) is 92.5 cm³/mol. The Kier molecular flexibility index (Phi) is 12.8. The molecule has 3 nitrogen and oxygen atoms in total. The van der Waals surface area contributed by atoms with Gasteiger partial charge < -0.3 is 21.7 Å². The fourth-order valence-electron chi connectivity index (χ4n) is 3.48. The minimum absolute atomic E-state index is 0. The van der Waals surface area contributed by atoms with Crippen LogP contribution in [0.2, 0.25) is 0 Å². The Hall–Kier alpha value is -0.350. The third kappa shape index (κ3) is 8.90. The maximum atomic E-state index is 11.7. The van der Waals surface area contributed by atoms with E-state index in [1.807, 2.05) is 0 Å². The number of carbonyl (C=O) groups is 1. The predicted octanol–water partition coefficient (Wildman–Crippen LogP) is 1.82. The van der Waals surface area contributed by atoms with Crippen molar-refractivity contribution in [1.29, 1.82) is 0 Å². The van der Waals surface area contributed by atoms with Crippen molar-refractivity contribution in [3.63, 3.8) is 0 Å². The van der Waals surface area contributed by atoms with Gasteiger partial charge in [0.15, 0.2) is 0 Å². The standard InChI is InChI=1S/C19H36NO2.BrH/c1-4-6-7-8-9-10-12-15-18(22-19(21)5-2)20(3)16-13-11-14-17-20;/h5,18H,2,4,6-17H2,1,3H3;1H/q+1;/p-1. The van der Waals surface area contributed by atoms with Gasteiger partial charge in [0.25, 0.3) is 0 Å². The van der Waals surface area contributed by atoms with Gasteiger partial charge in [-0.1, -0.05) is 52.0 Å². The lowest BCUT2D eigenvalue weighted by Crippen LogP contribution is -3.00. The Morgan fingerprint density at radius 2 is 1.65 bits per heavy atom. The van der Waals surface area contributed by atoms with Crippen LogP contribution in [0.5, 0.6) is 0 Å². The minimum atomic E-state index is -0.266. The zero-order valence-corrected chi connectivity index (χ0v) is 16.8. The summed E-state index contributed by atoms with van der Waals surface area (Å²) in [6.07, 6.45) is 15.2. The van der Waals surface area contributed by atoms with Crippen LogP contribution in [-0.2, 0) is 9.53 Å². The van der Waals surface area contributed by atoms with Crippen molar-refractivity contribution in [2.45, 2.75) is 83.8 Å². The quantitative estimate of drug-likeness (QED) is 0.233. The molecule has 0 aromatic carbocycles. The van der Waals surface area contributed by atoms with E-state index in [4.69, 9.17) is 4.74 Å². The molecule has 1 rings (SSSR count).